The Morgan fingerprint density at radius 1 is 1.56 bits per heavy atom. The van der Waals surface area contributed by atoms with Crippen LogP contribution in [0.25, 0.3) is 0 Å². The first-order valence-corrected chi connectivity index (χ1v) is 5.16. The number of carboxylic acids is 1. The quantitative estimate of drug-likeness (QED) is 0.598. The van der Waals surface area contributed by atoms with E-state index in [1.807, 2.05) is 0 Å². The van der Waals surface area contributed by atoms with Gasteiger partial charge in [0.25, 0.3) is 0 Å². The topological polar surface area (TPSA) is 111 Å². The number of carboxylic acid groups (broad SMARTS) is 1. The summed E-state index contributed by atoms with van der Waals surface area (Å²) in [5, 5.41) is 12.6. The van der Waals surface area contributed by atoms with Crippen LogP contribution in [0.4, 0.5) is 5.13 Å². The number of anilines is 1. The van der Waals surface area contributed by atoms with Crippen molar-refractivity contribution in [3.05, 3.63) is 5.82 Å². The van der Waals surface area contributed by atoms with Gasteiger partial charge in [-0.05, 0) is 20.8 Å². The van der Waals surface area contributed by atoms with E-state index in [0.29, 0.717) is 0 Å². The predicted molar refractivity (Wildman–Crippen MR) is 59.3 cm³/mol. The molecule has 0 saturated heterocycles. The van der Waals surface area contributed by atoms with Crippen LogP contribution in [0, 0.1) is 0 Å². The first-order valence-electron chi connectivity index (χ1n) is 4.38. The molecule has 0 aromatic carbocycles. The molecule has 1 aromatic heterocycles. The molecule has 0 saturated carbocycles. The Morgan fingerprint density at radius 2 is 2.19 bits per heavy atom. The number of rotatable bonds is 3. The monoisotopic (exact) mass is 244 g/mol. The van der Waals surface area contributed by atoms with Gasteiger partial charge in [0.1, 0.15) is 5.60 Å². The largest absolute Gasteiger partial charge is 0.476 e. The smallest absolute Gasteiger partial charge is 0.362 e. The van der Waals surface area contributed by atoms with E-state index in [1.165, 1.54) is 0 Å². The van der Waals surface area contributed by atoms with Crippen molar-refractivity contribution >= 4 is 28.3 Å². The SMILES string of the molecule is CC(C)(C)O/N=C(\C(=O)O)c1nsc(N)n1. The van der Waals surface area contributed by atoms with E-state index in [1.54, 1.807) is 20.8 Å². The van der Waals surface area contributed by atoms with Crippen molar-refractivity contribution in [3.8, 4) is 0 Å². The molecule has 1 heterocycles. The summed E-state index contributed by atoms with van der Waals surface area (Å²) < 4.78 is 3.75. The van der Waals surface area contributed by atoms with E-state index in [0.717, 1.165) is 11.5 Å². The van der Waals surface area contributed by atoms with Crippen molar-refractivity contribution in [2.24, 2.45) is 5.16 Å². The lowest BCUT2D eigenvalue weighted by Crippen LogP contribution is -2.21. The van der Waals surface area contributed by atoms with Gasteiger partial charge in [-0.1, -0.05) is 5.16 Å². The molecule has 7 nitrogen and oxygen atoms in total. The van der Waals surface area contributed by atoms with E-state index in [4.69, 9.17) is 15.7 Å². The number of nitrogen functional groups attached to an aromatic ring is 1. The lowest BCUT2D eigenvalue weighted by atomic mass is 10.2. The summed E-state index contributed by atoms with van der Waals surface area (Å²) in [6, 6.07) is 0. The normalized spacial score (nSPS) is 12.6. The Hall–Kier alpha value is -1.70. The van der Waals surface area contributed by atoms with Crippen molar-refractivity contribution in [2.45, 2.75) is 26.4 Å². The van der Waals surface area contributed by atoms with Gasteiger partial charge >= 0.3 is 5.97 Å². The Morgan fingerprint density at radius 3 is 2.56 bits per heavy atom. The average Bonchev–Trinajstić information content (AvgIpc) is 2.49. The molecule has 0 bridgehead atoms. The highest BCUT2D eigenvalue weighted by atomic mass is 32.1. The van der Waals surface area contributed by atoms with Crippen LogP contribution in [0.5, 0.6) is 0 Å². The third-order valence-corrected chi connectivity index (χ3v) is 1.81. The maximum Gasteiger partial charge on any atom is 0.362 e. The standard InChI is InChI=1S/C8H12N4O3S/c1-8(2,3)15-11-4(6(13)14)5-10-7(9)16-12-5/h1-3H3,(H,13,14)(H2,9,10,12)/b11-4-. The van der Waals surface area contributed by atoms with Crippen LogP contribution in [-0.4, -0.2) is 31.7 Å². The van der Waals surface area contributed by atoms with Crippen LogP contribution < -0.4 is 5.73 Å². The van der Waals surface area contributed by atoms with Crippen molar-refractivity contribution < 1.29 is 14.7 Å². The third kappa shape index (κ3) is 3.46. The summed E-state index contributed by atoms with van der Waals surface area (Å²) in [7, 11) is 0. The molecule has 1 rings (SSSR count). The third-order valence-electron chi connectivity index (χ3n) is 1.27. The molecule has 0 atom stereocenters. The number of aromatic nitrogens is 2. The zero-order valence-corrected chi connectivity index (χ0v) is 9.91. The van der Waals surface area contributed by atoms with Crippen molar-refractivity contribution in [3.63, 3.8) is 0 Å². The molecule has 1 aromatic rings. The first-order chi connectivity index (χ1) is 7.29. The molecular formula is C8H12N4O3S. The summed E-state index contributed by atoms with van der Waals surface area (Å²) in [6.45, 7) is 5.25. The minimum absolute atomic E-state index is 0.0424. The molecule has 0 fully saturated rings. The van der Waals surface area contributed by atoms with Crippen LogP contribution >= 0.6 is 11.5 Å². The van der Waals surface area contributed by atoms with E-state index in [2.05, 4.69) is 14.5 Å². The van der Waals surface area contributed by atoms with Gasteiger partial charge in [0.15, 0.2) is 5.13 Å². The second-order valence-electron chi connectivity index (χ2n) is 3.90. The lowest BCUT2D eigenvalue weighted by molar-refractivity contribution is -0.129. The minimum Gasteiger partial charge on any atom is -0.476 e. The highest BCUT2D eigenvalue weighted by molar-refractivity contribution is 7.09. The van der Waals surface area contributed by atoms with Gasteiger partial charge in [0.05, 0.1) is 0 Å². The highest BCUT2D eigenvalue weighted by Crippen LogP contribution is 2.11. The number of aliphatic carboxylic acids is 1. The van der Waals surface area contributed by atoms with E-state index in [9.17, 15) is 4.79 Å². The Labute approximate surface area is 96.1 Å². The number of nitrogens with zero attached hydrogens (tertiary/aromatic N) is 3. The summed E-state index contributed by atoms with van der Waals surface area (Å²) >= 11 is 0.900. The number of nitrogens with two attached hydrogens (primary N) is 1. The first kappa shape index (κ1) is 12.4. The maximum absolute atomic E-state index is 10.9. The molecule has 0 unspecified atom stereocenters. The van der Waals surface area contributed by atoms with Crippen LogP contribution in [-0.2, 0) is 9.63 Å². The number of hydrogen-bond acceptors (Lipinski definition) is 7. The van der Waals surface area contributed by atoms with Crippen LogP contribution in [0.1, 0.15) is 26.6 Å². The van der Waals surface area contributed by atoms with Gasteiger partial charge in [-0.25, -0.2) is 4.79 Å². The summed E-state index contributed by atoms with van der Waals surface area (Å²) in [4.78, 5) is 19.6. The Bertz CT molecular complexity index is 421. The van der Waals surface area contributed by atoms with Crippen LogP contribution in [0.3, 0.4) is 0 Å². The average molecular weight is 244 g/mol. The second-order valence-corrected chi connectivity index (χ2v) is 4.69. The Kier molecular flexibility index (Phi) is 3.43. The molecule has 0 spiro atoms. The molecule has 8 heteroatoms. The summed E-state index contributed by atoms with van der Waals surface area (Å²) in [5.74, 6) is -1.30. The number of hydrogen-bond donors (Lipinski definition) is 2. The van der Waals surface area contributed by atoms with Gasteiger partial charge in [0.2, 0.25) is 11.5 Å². The Balaban J connectivity index is 2.96. The van der Waals surface area contributed by atoms with Crippen molar-refractivity contribution in [2.75, 3.05) is 5.73 Å². The van der Waals surface area contributed by atoms with E-state index < -0.39 is 11.6 Å². The number of carbonyl (C=O) groups is 1. The van der Waals surface area contributed by atoms with Gasteiger partial charge in [-0.2, -0.15) is 9.36 Å². The van der Waals surface area contributed by atoms with Gasteiger partial charge < -0.3 is 15.7 Å². The highest BCUT2D eigenvalue weighted by Gasteiger charge is 2.20. The lowest BCUT2D eigenvalue weighted by Gasteiger charge is -2.15. The molecule has 16 heavy (non-hydrogen) atoms. The van der Waals surface area contributed by atoms with Gasteiger partial charge in [-0.15, -0.1) is 0 Å². The summed E-state index contributed by atoms with van der Waals surface area (Å²) in [6.07, 6.45) is 0. The molecule has 0 aliphatic carbocycles. The van der Waals surface area contributed by atoms with Crippen LogP contribution in [0.2, 0.25) is 0 Å². The van der Waals surface area contributed by atoms with Gasteiger partial charge in [-0.3, -0.25) is 0 Å². The fourth-order valence-corrected chi connectivity index (χ4v) is 1.12. The fraction of sp³-hybridized carbons (Fsp3) is 0.500. The molecular weight excluding hydrogens is 232 g/mol. The zero-order valence-electron chi connectivity index (χ0n) is 9.09. The molecule has 88 valence electrons. The second kappa shape index (κ2) is 4.44. The molecule has 3 N–H and O–H groups in total. The maximum atomic E-state index is 10.9. The fourth-order valence-electron chi connectivity index (χ4n) is 0.689. The zero-order chi connectivity index (χ0) is 12.3. The molecule has 0 amide bonds. The number of oxime groups is 1. The molecule has 0 radical (unpaired) electrons. The molecule has 0 aliphatic rings. The minimum atomic E-state index is -1.26. The van der Waals surface area contributed by atoms with Crippen molar-refractivity contribution in [1.29, 1.82) is 0 Å². The van der Waals surface area contributed by atoms with Crippen LogP contribution in [0.15, 0.2) is 5.16 Å². The van der Waals surface area contributed by atoms with E-state index >= 15 is 0 Å². The van der Waals surface area contributed by atoms with Gasteiger partial charge in [0, 0.05) is 11.5 Å². The molecule has 0 aliphatic heterocycles. The van der Waals surface area contributed by atoms with E-state index in [-0.39, 0.29) is 16.7 Å². The predicted octanol–water partition coefficient (Wildman–Crippen LogP) is 0.724. The summed E-state index contributed by atoms with van der Waals surface area (Å²) in [5.41, 5.74) is 4.42. The van der Waals surface area contributed by atoms with Crippen molar-refractivity contribution in [1.82, 2.24) is 9.36 Å².